The number of carbonyl (C=O) groups excluding carboxylic acids is 2. The highest BCUT2D eigenvalue weighted by molar-refractivity contribution is 5.94. The first-order valence-corrected chi connectivity index (χ1v) is 7.93. The van der Waals surface area contributed by atoms with Gasteiger partial charge in [0.05, 0.1) is 13.2 Å². The molecule has 0 N–H and O–H groups in total. The van der Waals surface area contributed by atoms with Crippen LogP contribution < -0.4 is 0 Å². The highest BCUT2D eigenvalue weighted by Gasteiger charge is 2.40. The van der Waals surface area contributed by atoms with Gasteiger partial charge >= 0.3 is 0 Å². The van der Waals surface area contributed by atoms with Crippen molar-refractivity contribution in [2.75, 3.05) is 19.7 Å². The van der Waals surface area contributed by atoms with E-state index in [9.17, 15) is 18.4 Å². The molecule has 0 bridgehead atoms. The largest absolute Gasteiger partial charge is 0.366 e. The molecule has 130 valence electrons. The number of ether oxygens (including phenoxy) is 1. The fourth-order valence-electron chi connectivity index (χ4n) is 3.05. The molecule has 1 aliphatic heterocycles. The minimum absolute atomic E-state index is 0.0589. The molecule has 0 saturated carbocycles. The molecule has 2 aromatic carbocycles. The first-order chi connectivity index (χ1) is 12.1. The standard InChI is InChI=1S/C19H17F2NO3/c20-16-7-6-15(12-17(16)21)19(8-10-23)13-22(9-11-25-19)18(24)14-4-2-1-3-5-14/h1-7,10,12H,8-9,11,13H2. The average molecular weight is 345 g/mol. The molecule has 1 saturated heterocycles. The second-order valence-electron chi connectivity index (χ2n) is 5.94. The van der Waals surface area contributed by atoms with Crippen LogP contribution in [0.3, 0.4) is 0 Å². The summed E-state index contributed by atoms with van der Waals surface area (Å²) in [5, 5.41) is 0. The Labute approximate surface area is 144 Å². The Morgan fingerprint density at radius 2 is 1.92 bits per heavy atom. The van der Waals surface area contributed by atoms with Gasteiger partial charge in [-0.2, -0.15) is 0 Å². The van der Waals surface area contributed by atoms with Crippen LogP contribution in [-0.2, 0) is 15.1 Å². The predicted molar refractivity (Wildman–Crippen MR) is 87.0 cm³/mol. The summed E-state index contributed by atoms with van der Waals surface area (Å²) >= 11 is 0. The number of rotatable bonds is 4. The molecule has 0 aromatic heterocycles. The van der Waals surface area contributed by atoms with Gasteiger partial charge in [-0.1, -0.05) is 24.3 Å². The minimum Gasteiger partial charge on any atom is -0.366 e. The van der Waals surface area contributed by atoms with Gasteiger partial charge in [-0.15, -0.1) is 0 Å². The lowest BCUT2D eigenvalue weighted by Gasteiger charge is -2.42. The third-order valence-corrected chi connectivity index (χ3v) is 4.35. The van der Waals surface area contributed by atoms with Crippen LogP contribution in [0, 0.1) is 11.6 Å². The SMILES string of the molecule is O=CCC1(c2ccc(F)c(F)c2)CN(C(=O)c2ccccc2)CCO1. The third kappa shape index (κ3) is 3.44. The molecule has 25 heavy (non-hydrogen) atoms. The number of hydrogen-bond acceptors (Lipinski definition) is 3. The summed E-state index contributed by atoms with van der Waals surface area (Å²) in [4.78, 5) is 25.5. The second-order valence-corrected chi connectivity index (χ2v) is 5.94. The minimum atomic E-state index is -1.18. The summed E-state index contributed by atoms with van der Waals surface area (Å²) in [6, 6.07) is 12.2. The van der Waals surface area contributed by atoms with Crippen molar-refractivity contribution >= 4 is 12.2 Å². The Bertz CT molecular complexity index is 781. The molecular weight excluding hydrogens is 328 g/mol. The van der Waals surface area contributed by atoms with Crippen molar-refractivity contribution in [3.05, 3.63) is 71.3 Å². The number of aldehydes is 1. The Morgan fingerprint density at radius 3 is 2.60 bits per heavy atom. The van der Waals surface area contributed by atoms with Crippen molar-refractivity contribution in [2.45, 2.75) is 12.0 Å². The van der Waals surface area contributed by atoms with E-state index >= 15 is 0 Å². The quantitative estimate of drug-likeness (QED) is 0.801. The van der Waals surface area contributed by atoms with E-state index in [-0.39, 0.29) is 25.5 Å². The number of morpholine rings is 1. The zero-order chi connectivity index (χ0) is 17.9. The van der Waals surface area contributed by atoms with Gasteiger partial charge in [-0.25, -0.2) is 8.78 Å². The molecule has 1 unspecified atom stereocenters. The van der Waals surface area contributed by atoms with Crippen LogP contribution in [0.15, 0.2) is 48.5 Å². The van der Waals surface area contributed by atoms with Crippen LogP contribution in [-0.4, -0.2) is 36.8 Å². The Morgan fingerprint density at radius 1 is 1.16 bits per heavy atom. The summed E-state index contributed by atoms with van der Waals surface area (Å²) in [7, 11) is 0. The highest BCUT2D eigenvalue weighted by Crippen LogP contribution is 2.34. The van der Waals surface area contributed by atoms with Crippen molar-refractivity contribution in [3.8, 4) is 0 Å². The van der Waals surface area contributed by atoms with Gasteiger partial charge in [-0.3, -0.25) is 4.79 Å². The summed E-state index contributed by atoms with van der Waals surface area (Å²) < 4.78 is 32.7. The van der Waals surface area contributed by atoms with Gasteiger partial charge in [0.25, 0.3) is 5.91 Å². The molecule has 1 atom stereocenters. The monoisotopic (exact) mass is 345 g/mol. The molecule has 1 heterocycles. The van der Waals surface area contributed by atoms with E-state index in [4.69, 9.17) is 4.74 Å². The lowest BCUT2D eigenvalue weighted by atomic mass is 9.88. The lowest BCUT2D eigenvalue weighted by molar-refractivity contribution is -0.129. The van der Waals surface area contributed by atoms with Crippen LogP contribution >= 0.6 is 0 Å². The van der Waals surface area contributed by atoms with E-state index in [0.29, 0.717) is 24.0 Å². The normalized spacial score (nSPS) is 20.3. The van der Waals surface area contributed by atoms with Crippen LogP contribution in [0.25, 0.3) is 0 Å². The molecular formula is C19H17F2NO3. The molecule has 1 aliphatic rings. The van der Waals surface area contributed by atoms with Crippen LogP contribution in [0.4, 0.5) is 8.78 Å². The molecule has 3 rings (SSSR count). The fourth-order valence-corrected chi connectivity index (χ4v) is 3.05. The van der Waals surface area contributed by atoms with E-state index in [1.54, 1.807) is 29.2 Å². The first kappa shape index (κ1) is 17.2. The lowest BCUT2D eigenvalue weighted by Crippen LogP contribution is -2.52. The van der Waals surface area contributed by atoms with Crippen LogP contribution in [0.5, 0.6) is 0 Å². The molecule has 2 aromatic rings. The van der Waals surface area contributed by atoms with E-state index < -0.39 is 17.2 Å². The molecule has 1 amide bonds. The topological polar surface area (TPSA) is 46.6 Å². The predicted octanol–water partition coefficient (Wildman–Crippen LogP) is 2.92. The molecule has 4 nitrogen and oxygen atoms in total. The first-order valence-electron chi connectivity index (χ1n) is 7.93. The smallest absolute Gasteiger partial charge is 0.254 e. The number of benzene rings is 2. The van der Waals surface area contributed by atoms with Gasteiger partial charge < -0.3 is 14.4 Å². The highest BCUT2D eigenvalue weighted by atomic mass is 19.2. The van der Waals surface area contributed by atoms with Gasteiger partial charge in [0, 0.05) is 18.5 Å². The van der Waals surface area contributed by atoms with Crippen LogP contribution in [0.1, 0.15) is 22.3 Å². The summed E-state index contributed by atoms with van der Waals surface area (Å²) in [5.41, 5.74) is -0.322. The van der Waals surface area contributed by atoms with Gasteiger partial charge in [0.1, 0.15) is 11.9 Å². The van der Waals surface area contributed by atoms with E-state index in [2.05, 4.69) is 0 Å². The van der Waals surface area contributed by atoms with Crippen molar-refractivity contribution in [3.63, 3.8) is 0 Å². The number of nitrogens with zero attached hydrogens (tertiary/aromatic N) is 1. The molecule has 1 fully saturated rings. The fraction of sp³-hybridized carbons (Fsp3) is 0.263. The molecule has 0 aliphatic carbocycles. The zero-order valence-electron chi connectivity index (χ0n) is 13.5. The van der Waals surface area contributed by atoms with Crippen molar-refractivity contribution in [1.82, 2.24) is 4.90 Å². The molecule has 0 spiro atoms. The Kier molecular flexibility index (Phi) is 4.90. The van der Waals surface area contributed by atoms with Gasteiger partial charge in [0.15, 0.2) is 11.6 Å². The number of amides is 1. The Hall–Kier alpha value is -2.60. The third-order valence-electron chi connectivity index (χ3n) is 4.35. The number of hydrogen-bond donors (Lipinski definition) is 0. The maximum absolute atomic E-state index is 13.7. The van der Waals surface area contributed by atoms with Crippen molar-refractivity contribution < 1.29 is 23.1 Å². The molecule has 6 heteroatoms. The molecule has 0 radical (unpaired) electrons. The van der Waals surface area contributed by atoms with E-state index in [1.807, 2.05) is 6.07 Å². The van der Waals surface area contributed by atoms with Crippen molar-refractivity contribution in [1.29, 1.82) is 0 Å². The Balaban J connectivity index is 1.92. The number of carbonyl (C=O) groups is 2. The van der Waals surface area contributed by atoms with Gasteiger partial charge in [-0.05, 0) is 29.8 Å². The van der Waals surface area contributed by atoms with E-state index in [0.717, 1.165) is 12.1 Å². The zero-order valence-corrected chi connectivity index (χ0v) is 13.5. The maximum atomic E-state index is 13.7. The second kappa shape index (κ2) is 7.11. The maximum Gasteiger partial charge on any atom is 0.254 e. The van der Waals surface area contributed by atoms with Crippen LogP contribution in [0.2, 0.25) is 0 Å². The van der Waals surface area contributed by atoms with E-state index in [1.165, 1.54) is 6.07 Å². The number of halogens is 2. The summed E-state index contributed by atoms with van der Waals surface area (Å²) in [6.45, 7) is 0.647. The van der Waals surface area contributed by atoms with Gasteiger partial charge in [0.2, 0.25) is 0 Å². The summed E-state index contributed by atoms with van der Waals surface area (Å²) in [6.07, 6.45) is 0.606. The average Bonchev–Trinajstić information content (AvgIpc) is 2.64. The van der Waals surface area contributed by atoms with Crippen molar-refractivity contribution in [2.24, 2.45) is 0 Å². The summed E-state index contributed by atoms with van der Waals surface area (Å²) in [5.74, 6) is -2.18.